The quantitative estimate of drug-likeness (QED) is 0.739. The van der Waals surface area contributed by atoms with Gasteiger partial charge in [-0.3, -0.25) is 9.59 Å². The fraction of sp³-hybridized carbons (Fsp3) is 0.333. The van der Waals surface area contributed by atoms with E-state index >= 15 is 0 Å². The van der Waals surface area contributed by atoms with Crippen molar-refractivity contribution in [3.05, 3.63) is 47.5 Å². The van der Waals surface area contributed by atoms with Crippen molar-refractivity contribution < 1.29 is 9.59 Å². The molecule has 1 aliphatic carbocycles. The Labute approximate surface area is 148 Å². The fourth-order valence-electron chi connectivity index (χ4n) is 2.90. The van der Waals surface area contributed by atoms with Crippen LogP contribution in [0.1, 0.15) is 38.8 Å². The molecule has 0 radical (unpaired) electrons. The van der Waals surface area contributed by atoms with Crippen molar-refractivity contribution in [1.82, 2.24) is 0 Å². The van der Waals surface area contributed by atoms with Gasteiger partial charge >= 0.3 is 0 Å². The number of amides is 2. The minimum atomic E-state index is -0.0570. The van der Waals surface area contributed by atoms with Crippen molar-refractivity contribution in [3.8, 4) is 11.1 Å². The summed E-state index contributed by atoms with van der Waals surface area (Å²) in [5.41, 5.74) is 6.34. The Bertz CT molecular complexity index is 768. The molecule has 0 aromatic heterocycles. The van der Waals surface area contributed by atoms with Gasteiger partial charge in [-0.15, -0.1) is 0 Å². The van der Waals surface area contributed by atoms with E-state index in [2.05, 4.69) is 22.8 Å². The summed E-state index contributed by atoms with van der Waals surface area (Å²) < 4.78 is 0. The molecular weight excluding hydrogens is 312 g/mol. The molecule has 0 unspecified atom stereocenters. The number of hydrogen-bond donors (Lipinski definition) is 2. The summed E-state index contributed by atoms with van der Waals surface area (Å²) >= 11 is 0. The molecule has 0 saturated heterocycles. The molecule has 25 heavy (non-hydrogen) atoms. The van der Waals surface area contributed by atoms with Gasteiger partial charge in [-0.1, -0.05) is 39.8 Å². The summed E-state index contributed by atoms with van der Waals surface area (Å²) in [5.74, 6) is -0.0935. The number of fused-ring (bicyclic) bond motifs is 3. The minimum Gasteiger partial charge on any atom is -0.326 e. The molecule has 0 spiro atoms. The van der Waals surface area contributed by atoms with Gasteiger partial charge in [0.1, 0.15) is 0 Å². The highest BCUT2D eigenvalue weighted by Crippen LogP contribution is 2.39. The lowest BCUT2D eigenvalue weighted by Gasteiger charge is -2.11. The predicted molar refractivity (Wildman–Crippen MR) is 102 cm³/mol. The molecular formula is C21H24N2O2. The first kappa shape index (κ1) is 17.2. The van der Waals surface area contributed by atoms with Crippen LogP contribution in [-0.4, -0.2) is 11.8 Å². The van der Waals surface area contributed by atoms with Crippen LogP contribution in [0.3, 0.4) is 0 Å². The van der Waals surface area contributed by atoms with Crippen molar-refractivity contribution >= 4 is 23.2 Å². The third-order valence-electron chi connectivity index (χ3n) is 4.47. The second-order valence-electron chi connectivity index (χ2n) is 7.21. The average Bonchev–Trinajstić information content (AvgIpc) is 2.92. The summed E-state index contributed by atoms with van der Waals surface area (Å²) in [6.07, 6.45) is 0.876. The maximum atomic E-state index is 11.9. The zero-order valence-electron chi connectivity index (χ0n) is 15.1. The molecule has 0 heterocycles. The first-order chi connectivity index (χ1) is 11.8. The molecule has 0 aliphatic heterocycles. The normalized spacial score (nSPS) is 12.1. The highest BCUT2D eigenvalue weighted by atomic mass is 16.2. The van der Waals surface area contributed by atoms with Crippen LogP contribution in [0.15, 0.2) is 36.4 Å². The summed E-state index contributed by atoms with van der Waals surface area (Å²) in [6, 6.07) is 12.1. The zero-order valence-corrected chi connectivity index (χ0v) is 15.1. The third-order valence-corrected chi connectivity index (χ3v) is 4.47. The molecule has 0 fully saturated rings. The van der Waals surface area contributed by atoms with Crippen molar-refractivity contribution in [2.75, 3.05) is 10.6 Å². The number of carbonyl (C=O) groups excluding carboxylic acids is 2. The topological polar surface area (TPSA) is 58.2 Å². The highest BCUT2D eigenvalue weighted by molar-refractivity contribution is 5.95. The van der Waals surface area contributed by atoms with Crippen molar-refractivity contribution in [1.29, 1.82) is 0 Å². The Hall–Kier alpha value is -2.62. The smallest absolute Gasteiger partial charge is 0.226 e. The number of nitrogens with one attached hydrogen (secondary N) is 2. The van der Waals surface area contributed by atoms with Crippen molar-refractivity contribution in [2.24, 2.45) is 11.8 Å². The SMILES string of the molecule is CC(C)C(=O)Nc1ccc2c(c1)-c1cc(NC(=O)C(C)C)ccc1C2. The van der Waals surface area contributed by atoms with E-state index in [-0.39, 0.29) is 23.7 Å². The largest absolute Gasteiger partial charge is 0.326 e. The van der Waals surface area contributed by atoms with Gasteiger partial charge in [-0.05, 0) is 52.9 Å². The Balaban J connectivity index is 1.90. The van der Waals surface area contributed by atoms with Crippen LogP contribution in [-0.2, 0) is 16.0 Å². The molecule has 2 aromatic rings. The highest BCUT2D eigenvalue weighted by Gasteiger charge is 2.20. The second-order valence-corrected chi connectivity index (χ2v) is 7.21. The monoisotopic (exact) mass is 336 g/mol. The molecule has 1 aliphatic rings. The lowest BCUT2D eigenvalue weighted by Crippen LogP contribution is -2.17. The van der Waals surface area contributed by atoms with Crippen LogP contribution in [0.5, 0.6) is 0 Å². The predicted octanol–water partition coefficient (Wildman–Crippen LogP) is 4.45. The molecule has 2 aromatic carbocycles. The maximum Gasteiger partial charge on any atom is 0.226 e. The molecule has 0 saturated carbocycles. The Morgan fingerprint density at radius 3 is 1.52 bits per heavy atom. The number of rotatable bonds is 4. The first-order valence-corrected chi connectivity index (χ1v) is 8.73. The van der Waals surface area contributed by atoms with E-state index < -0.39 is 0 Å². The van der Waals surface area contributed by atoms with Crippen LogP contribution < -0.4 is 10.6 Å². The van der Waals surface area contributed by atoms with E-state index in [1.54, 1.807) is 0 Å². The average molecular weight is 336 g/mol. The molecule has 4 heteroatoms. The van der Waals surface area contributed by atoms with Crippen molar-refractivity contribution in [2.45, 2.75) is 34.1 Å². The Morgan fingerprint density at radius 2 is 1.16 bits per heavy atom. The lowest BCUT2D eigenvalue weighted by atomic mass is 10.0. The van der Waals surface area contributed by atoms with Crippen LogP contribution in [0, 0.1) is 11.8 Å². The number of hydrogen-bond acceptors (Lipinski definition) is 2. The van der Waals surface area contributed by atoms with Gasteiger partial charge < -0.3 is 10.6 Å². The molecule has 2 N–H and O–H groups in total. The van der Waals surface area contributed by atoms with Gasteiger partial charge in [-0.2, -0.15) is 0 Å². The molecule has 0 bridgehead atoms. The van der Waals surface area contributed by atoms with E-state index in [1.165, 1.54) is 11.1 Å². The Morgan fingerprint density at radius 1 is 0.760 bits per heavy atom. The first-order valence-electron chi connectivity index (χ1n) is 8.73. The number of benzene rings is 2. The molecule has 4 nitrogen and oxygen atoms in total. The summed E-state index contributed by atoms with van der Waals surface area (Å²) in [4.78, 5) is 23.9. The Kier molecular flexibility index (Phi) is 4.62. The molecule has 0 atom stereocenters. The van der Waals surface area contributed by atoms with Crippen LogP contribution in [0.25, 0.3) is 11.1 Å². The minimum absolute atomic E-state index is 0.0103. The number of carbonyl (C=O) groups is 2. The van der Waals surface area contributed by atoms with Gasteiger partial charge in [0.2, 0.25) is 11.8 Å². The van der Waals surface area contributed by atoms with E-state index in [0.29, 0.717) is 0 Å². The number of anilines is 2. The van der Waals surface area contributed by atoms with Gasteiger partial charge in [0.25, 0.3) is 0 Å². The van der Waals surface area contributed by atoms with E-state index in [0.717, 1.165) is 28.9 Å². The molecule has 130 valence electrons. The summed E-state index contributed by atoms with van der Waals surface area (Å²) in [7, 11) is 0. The van der Waals surface area contributed by atoms with E-state index in [9.17, 15) is 9.59 Å². The van der Waals surface area contributed by atoms with Gasteiger partial charge in [0, 0.05) is 23.2 Å². The van der Waals surface area contributed by atoms with Crippen LogP contribution >= 0.6 is 0 Å². The maximum absolute atomic E-state index is 11.9. The van der Waals surface area contributed by atoms with Crippen LogP contribution in [0.2, 0.25) is 0 Å². The molecule has 3 rings (SSSR count). The standard InChI is InChI=1S/C21H24N2O2/c1-12(2)20(24)22-16-7-5-14-9-15-6-8-17(23-21(25)13(3)4)11-19(15)18(14)10-16/h5-8,10-13H,9H2,1-4H3,(H,22,24)(H,23,25). The second kappa shape index (κ2) is 6.71. The lowest BCUT2D eigenvalue weighted by molar-refractivity contribution is -0.119. The zero-order chi connectivity index (χ0) is 18.1. The van der Waals surface area contributed by atoms with Crippen molar-refractivity contribution in [3.63, 3.8) is 0 Å². The van der Waals surface area contributed by atoms with Gasteiger partial charge in [0.15, 0.2) is 0 Å². The van der Waals surface area contributed by atoms with E-state index in [4.69, 9.17) is 0 Å². The van der Waals surface area contributed by atoms with Gasteiger partial charge in [-0.25, -0.2) is 0 Å². The third kappa shape index (κ3) is 3.58. The van der Waals surface area contributed by atoms with E-state index in [1.807, 2.05) is 52.0 Å². The summed E-state index contributed by atoms with van der Waals surface area (Å²) in [6.45, 7) is 7.51. The molecule has 2 amide bonds. The van der Waals surface area contributed by atoms with Crippen LogP contribution in [0.4, 0.5) is 11.4 Å². The fourth-order valence-corrected chi connectivity index (χ4v) is 2.90. The van der Waals surface area contributed by atoms with Gasteiger partial charge in [0.05, 0.1) is 0 Å². The summed E-state index contributed by atoms with van der Waals surface area (Å²) in [5, 5.41) is 5.91.